The summed E-state index contributed by atoms with van der Waals surface area (Å²) in [5.74, 6) is -1.94. The largest absolute Gasteiger partial charge is 0.503 e. The number of carbonyl (C=O) groups excluding carboxylic acids is 2. The Balaban J connectivity index is 1.44. The summed E-state index contributed by atoms with van der Waals surface area (Å²) in [6, 6.07) is -0.491. The Labute approximate surface area is 196 Å². The predicted octanol–water partition coefficient (Wildman–Crippen LogP) is -0.328. The second-order valence-electron chi connectivity index (χ2n) is 6.97. The number of β-lactam (4-membered cyclic amide) rings is 1. The van der Waals surface area contributed by atoms with Crippen molar-refractivity contribution in [2.24, 2.45) is 5.16 Å². The van der Waals surface area contributed by atoms with Crippen LogP contribution < -0.4 is 16.5 Å². The molecule has 5 N–H and O–H groups in total. The highest BCUT2D eigenvalue weighted by Gasteiger charge is 2.49. The third-order valence-electron chi connectivity index (χ3n) is 4.69. The fourth-order valence-corrected chi connectivity index (χ4v) is 4.45. The Morgan fingerprint density at radius 3 is 2.82 bits per heavy atom. The Morgan fingerprint density at radius 1 is 1.44 bits per heavy atom. The van der Waals surface area contributed by atoms with Gasteiger partial charge in [-0.15, -0.1) is 11.3 Å². The number of nitrogens with zero attached hydrogens (tertiary/aromatic N) is 4. The first-order chi connectivity index (χ1) is 16.2. The van der Waals surface area contributed by atoms with Gasteiger partial charge in [0.15, 0.2) is 23.2 Å². The second kappa shape index (κ2) is 9.90. The lowest BCUT2D eigenvalue weighted by Gasteiger charge is -2.43. The molecule has 15 nitrogen and oxygen atoms in total. The van der Waals surface area contributed by atoms with Crippen molar-refractivity contribution in [1.82, 2.24) is 20.1 Å². The molecule has 0 radical (unpaired) electrons. The Kier molecular flexibility index (Phi) is 6.95. The lowest BCUT2D eigenvalue weighted by Crippen LogP contribution is -2.69. The van der Waals surface area contributed by atoms with Gasteiger partial charge in [-0.25, -0.2) is 10.0 Å². The quantitative estimate of drug-likeness (QED) is 0.118. The van der Waals surface area contributed by atoms with E-state index in [9.17, 15) is 24.7 Å². The molecule has 2 aliphatic rings. The zero-order valence-electron chi connectivity index (χ0n) is 17.5. The van der Waals surface area contributed by atoms with Crippen LogP contribution in [0.4, 0.5) is 5.13 Å². The number of hydroxylamine groups is 2. The zero-order chi connectivity index (χ0) is 24.4. The number of carbonyl (C=O) groups is 2. The number of hydrogen-bond acceptors (Lipinski definition) is 13. The number of thiazole rings is 1. The highest BCUT2D eigenvalue weighted by molar-refractivity contribution is 7.41. The van der Waals surface area contributed by atoms with E-state index in [1.807, 2.05) is 0 Å². The number of aromatic hydroxyl groups is 1. The molecule has 2 aliphatic heterocycles. The molecule has 0 saturated carbocycles. The van der Waals surface area contributed by atoms with Crippen molar-refractivity contribution in [3.8, 4) is 5.75 Å². The topological polar surface area (TPSA) is 200 Å². The van der Waals surface area contributed by atoms with Crippen LogP contribution in [0.15, 0.2) is 27.6 Å². The summed E-state index contributed by atoms with van der Waals surface area (Å²) in [7, 11) is -1.65. The molecule has 0 spiro atoms. The van der Waals surface area contributed by atoms with Gasteiger partial charge in [-0.1, -0.05) is 5.16 Å². The van der Waals surface area contributed by atoms with Crippen LogP contribution in [-0.4, -0.2) is 67.9 Å². The minimum absolute atomic E-state index is 0.0435. The molecule has 2 amide bonds. The predicted molar refractivity (Wildman–Crippen MR) is 116 cm³/mol. The smallest absolute Gasteiger partial charge is 0.356 e. The van der Waals surface area contributed by atoms with Gasteiger partial charge < -0.3 is 35.2 Å². The SMILES string of the molecule is C[C@H]1[C@H](NC(=O)/C(=N\OCc2cc(=O)c(O)cn2O)c2csc(N)n2)C(=O)N1OP1OCCO1. The van der Waals surface area contributed by atoms with Gasteiger partial charge in [-0.3, -0.25) is 14.4 Å². The highest BCUT2D eigenvalue weighted by Crippen LogP contribution is 2.46. The standard InChI is InChI=1S/C17H19N6O9PS/c1-8-13(16(27)23(8)32-33-30-2-3-31-33)20-15(26)14(10-7-34-17(18)19-10)21-29-6-9-4-11(24)12(25)5-22(9)28/h4-5,7-8,13,25,28H,2-3,6H2,1H3,(H2,18,19)(H,20,26)/b21-14-/t8-,13-/m0/s1. The normalized spacial score (nSPS) is 20.9. The number of oxime groups is 1. The van der Waals surface area contributed by atoms with E-state index < -0.39 is 50.3 Å². The minimum Gasteiger partial charge on any atom is -0.503 e. The lowest BCUT2D eigenvalue weighted by molar-refractivity contribution is -0.197. The van der Waals surface area contributed by atoms with E-state index in [1.165, 1.54) is 5.38 Å². The van der Waals surface area contributed by atoms with E-state index in [2.05, 4.69) is 15.5 Å². The van der Waals surface area contributed by atoms with Crippen molar-refractivity contribution in [3.63, 3.8) is 0 Å². The molecule has 4 rings (SSSR count). The number of amides is 2. The molecule has 4 heterocycles. The lowest BCUT2D eigenvalue weighted by atomic mass is 10.00. The van der Waals surface area contributed by atoms with Gasteiger partial charge in [0.25, 0.3) is 11.8 Å². The van der Waals surface area contributed by atoms with Crippen molar-refractivity contribution >= 4 is 42.6 Å². The summed E-state index contributed by atoms with van der Waals surface area (Å²) in [6.07, 6.45) is 0.792. The number of rotatable bonds is 8. The monoisotopic (exact) mass is 514 g/mol. The Bertz CT molecular complexity index is 1180. The summed E-state index contributed by atoms with van der Waals surface area (Å²) < 4.78 is 16.3. The van der Waals surface area contributed by atoms with Crippen molar-refractivity contribution < 1.29 is 38.4 Å². The highest BCUT2D eigenvalue weighted by atomic mass is 32.1. The average molecular weight is 514 g/mol. The maximum atomic E-state index is 12.9. The van der Waals surface area contributed by atoms with Crippen LogP contribution in [0.1, 0.15) is 18.3 Å². The maximum absolute atomic E-state index is 12.9. The molecule has 2 aromatic heterocycles. The van der Waals surface area contributed by atoms with Crippen LogP contribution in [0, 0.1) is 0 Å². The fourth-order valence-electron chi connectivity index (χ4n) is 2.91. The first kappa shape index (κ1) is 23.8. The van der Waals surface area contributed by atoms with Crippen molar-refractivity contribution in [1.29, 1.82) is 0 Å². The number of nitrogen functional groups attached to an aromatic ring is 1. The molecule has 0 bridgehead atoms. The molecule has 2 fully saturated rings. The van der Waals surface area contributed by atoms with Crippen LogP contribution in [0.25, 0.3) is 0 Å². The number of anilines is 1. The van der Waals surface area contributed by atoms with Gasteiger partial charge in [0, 0.05) is 11.4 Å². The molecule has 2 saturated heterocycles. The zero-order valence-corrected chi connectivity index (χ0v) is 19.2. The molecule has 182 valence electrons. The van der Waals surface area contributed by atoms with Gasteiger partial charge in [-0.05, 0) is 6.92 Å². The summed E-state index contributed by atoms with van der Waals surface area (Å²) in [4.78, 5) is 46.1. The van der Waals surface area contributed by atoms with Crippen LogP contribution in [-0.2, 0) is 34.7 Å². The van der Waals surface area contributed by atoms with E-state index in [0.29, 0.717) is 17.9 Å². The first-order valence-electron chi connectivity index (χ1n) is 9.67. The maximum Gasteiger partial charge on any atom is 0.356 e. The van der Waals surface area contributed by atoms with E-state index in [-0.39, 0.29) is 22.2 Å². The Hall–Kier alpha value is -3.30. The van der Waals surface area contributed by atoms with E-state index in [1.54, 1.807) is 6.92 Å². The van der Waals surface area contributed by atoms with Gasteiger partial charge in [-0.2, -0.15) is 9.35 Å². The van der Waals surface area contributed by atoms with Gasteiger partial charge in [0.05, 0.1) is 25.5 Å². The Morgan fingerprint density at radius 2 is 2.18 bits per heavy atom. The third kappa shape index (κ3) is 4.95. The summed E-state index contributed by atoms with van der Waals surface area (Å²) >= 11 is 1.06. The third-order valence-corrected chi connectivity index (χ3v) is 6.46. The summed E-state index contributed by atoms with van der Waals surface area (Å²) in [5.41, 5.74) is 4.68. The summed E-state index contributed by atoms with van der Waals surface area (Å²) in [6.45, 7) is 1.98. The van der Waals surface area contributed by atoms with E-state index in [0.717, 1.165) is 28.7 Å². The number of nitrogens with two attached hydrogens (primary N) is 1. The number of aromatic nitrogens is 2. The van der Waals surface area contributed by atoms with Crippen LogP contribution in [0.5, 0.6) is 5.75 Å². The first-order valence-corrected chi connectivity index (χ1v) is 11.6. The molecular weight excluding hydrogens is 495 g/mol. The van der Waals surface area contributed by atoms with Crippen molar-refractivity contribution in [2.75, 3.05) is 18.9 Å². The average Bonchev–Trinajstić information content (AvgIpc) is 3.48. The van der Waals surface area contributed by atoms with Crippen LogP contribution in [0.3, 0.4) is 0 Å². The number of hydrogen-bond donors (Lipinski definition) is 4. The molecular formula is C17H19N6O9PS. The molecule has 2 aromatic rings. The molecule has 17 heteroatoms. The molecule has 0 aromatic carbocycles. The van der Waals surface area contributed by atoms with Crippen molar-refractivity contribution in [2.45, 2.75) is 25.6 Å². The molecule has 34 heavy (non-hydrogen) atoms. The van der Waals surface area contributed by atoms with Gasteiger partial charge in [0.1, 0.15) is 17.4 Å². The van der Waals surface area contributed by atoms with Crippen LogP contribution >= 0.6 is 19.9 Å². The molecule has 0 aliphatic carbocycles. The minimum atomic E-state index is -1.65. The molecule has 0 unspecified atom stereocenters. The van der Waals surface area contributed by atoms with Crippen molar-refractivity contribution in [3.05, 3.63) is 39.3 Å². The number of pyridine rings is 1. The summed E-state index contributed by atoms with van der Waals surface area (Å²) in [5, 5.41) is 28.1. The second-order valence-corrected chi connectivity index (χ2v) is 8.99. The van der Waals surface area contributed by atoms with E-state index in [4.69, 9.17) is 24.2 Å². The van der Waals surface area contributed by atoms with Crippen LogP contribution in [0.2, 0.25) is 0 Å². The van der Waals surface area contributed by atoms with E-state index >= 15 is 0 Å². The number of nitrogens with one attached hydrogen (secondary N) is 1. The van der Waals surface area contributed by atoms with Gasteiger partial charge in [0.2, 0.25) is 5.43 Å². The molecule has 2 atom stereocenters. The fraction of sp³-hybridized carbons (Fsp3) is 0.353. The van der Waals surface area contributed by atoms with Gasteiger partial charge >= 0.3 is 8.60 Å².